The number of rotatable bonds is 8. The van der Waals surface area contributed by atoms with Crippen molar-refractivity contribution in [2.75, 3.05) is 19.6 Å². The van der Waals surface area contributed by atoms with Crippen molar-refractivity contribution in [3.8, 4) is 0 Å². The van der Waals surface area contributed by atoms with E-state index in [1.807, 2.05) is 18.3 Å². The van der Waals surface area contributed by atoms with Crippen LogP contribution in [0, 0.1) is 0 Å². The standard InChI is InChI=1S/C15H23N3/c1-3-18(12-15-6-4-5-9-16-15)11-13(2)10-17-14-7-8-14/h4-6,9,14,17H,2-3,7-8,10-12H2,1H3. The maximum Gasteiger partial charge on any atom is 0.0544 e. The van der Waals surface area contributed by atoms with Crippen LogP contribution in [0.1, 0.15) is 25.5 Å². The maximum absolute atomic E-state index is 4.37. The molecule has 0 aliphatic heterocycles. The molecule has 1 N–H and O–H groups in total. The van der Waals surface area contributed by atoms with Gasteiger partial charge in [0.05, 0.1) is 5.69 Å². The van der Waals surface area contributed by atoms with Gasteiger partial charge in [0.2, 0.25) is 0 Å². The third kappa shape index (κ3) is 4.59. The first-order chi connectivity index (χ1) is 8.78. The molecule has 1 fully saturated rings. The first kappa shape index (κ1) is 13.2. The summed E-state index contributed by atoms with van der Waals surface area (Å²) in [6.45, 7) is 10.2. The summed E-state index contributed by atoms with van der Waals surface area (Å²) < 4.78 is 0. The third-order valence-corrected chi connectivity index (χ3v) is 3.22. The second kappa shape index (κ2) is 6.66. The lowest BCUT2D eigenvalue weighted by Gasteiger charge is -2.21. The quantitative estimate of drug-likeness (QED) is 0.712. The van der Waals surface area contributed by atoms with Gasteiger partial charge in [0.25, 0.3) is 0 Å². The van der Waals surface area contributed by atoms with Crippen molar-refractivity contribution in [1.29, 1.82) is 0 Å². The fraction of sp³-hybridized carbons (Fsp3) is 0.533. The first-order valence-corrected chi connectivity index (χ1v) is 6.80. The summed E-state index contributed by atoms with van der Waals surface area (Å²) in [4.78, 5) is 6.75. The Kier molecular flexibility index (Phi) is 4.90. The molecular weight excluding hydrogens is 222 g/mol. The van der Waals surface area contributed by atoms with Crippen LogP contribution in [0.15, 0.2) is 36.5 Å². The molecule has 1 heterocycles. The number of nitrogens with one attached hydrogen (secondary N) is 1. The molecule has 0 saturated heterocycles. The zero-order valence-corrected chi connectivity index (χ0v) is 11.2. The molecular formula is C15H23N3. The first-order valence-electron chi connectivity index (χ1n) is 6.80. The molecule has 98 valence electrons. The van der Waals surface area contributed by atoms with Crippen LogP contribution in [0.2, 0.25) is 0 Å². The van der Waals surface area contributed by atoms with Crippen LogP contribution >= 0.6 is 0 Å². The fourth-order valence-electron chi connectivity index (χ4n) is 1.95. The molecule has 0 radical (unpaired) electrons. The van der Waals surface area contributed by atoms with Crippen LogP contribution in [0.5, 0.6) is 0 Å². The average molecular weight is 245 g/mol. The van der Waals surface area contributed by atoms with E-state index in [0.29, 0.717) is 0 Å². The lowest BCUT2D eigenvalue weighted by atomic mass is 10.2. The van der Waals surface area contributed by atoms with Gasteiger partial charge in [-0.3, -0.25) is 9.88 Å². The van der Waals surface area contributed by atoms with E-state index in [1.165, 1.54) is 18.4 Å². The van der Waals surface area contributed by atoms with Crippen LogP contribution in [0.25, 0.3) is 0 Å². The summed E-state index contributed by atoms with van der Waals surface area (Å²) >= 11 is 0. The topological polar surface area (TPSA) is 28.2 Å². The van der Waals surface area contributed by atoms with Gasteiger partial charge in [0.15, 0.2) is 0 Å². The van der Waals surface area contributed by atoms with E-state index >= 15 is 0 Å². The molecule has 1 aliphatic rings. The van der Waals surface area contributed by atoms with Gasteiger partial charge in [-0.2, -0.15) is 0 Å². The van der Waals surface area contributed by atoms with E-state index in [-0.39, 0.29) is 0 Å². The number of pyridine rings is 1. The Morgan fingerprint density at radius 2 is 2.33 bits per heavy atom. The molecule has 3 nitrogen and oxygen atoms in total. The largest absolute Gasteiger partial charge is 0.310 e. The van der Waals surface area contributed by atoms with Gasteiger partial charge in [0, 0.05) is 31.9 Å². The van der Waals surface area contributed by atoms with Gasteiger partial charge >= 0.3 is 0 Å². The highest BCUT2D eigenvalue weighted by Gasteiger charge is 2.20. The maximum atomic E-state index is 4.37. The fourth-order valence-corrected chi connectivity index (χ4v) is 1.95. The number of aromatic nitrogens is 1. The molecule has 0 unspecified atom stereocenters. The van der Waals surface area contributed by atoms with E-state index in [2.05, 4.69) is 34.8 Å². The van der Waals surface area contributed by atoms with Gasteiger partial charge in [0.1, 0.15) is 0 Å². The van der Waals surface area contributed by atoms with Crippen molar-refractivity contribution in [3.05, 3.63) is 42.2 Å². The molecule has 3 heteroatoms. The van der Waals surface area contributed by atoms with Gasteiger partial charge in [-0.15, -0.1) is 0 Å². The van der Waals surface area contributed by atoms with E-state index in [1.54, 1.807) is 0 Å². The van der Waals surface area contributed by atoms with E-state index in [4.69, 9.17) is 0 Å². The Hall–Kier alpha value is -1.19. The minimum absolute atomic E-state index is 0.757. The zero-order chi connectivity index (χ0) is 12.8. The summed E-state index contributed by atoms with van der Waals surface area (Å²) in [5, 5.41) is 3.51. The van der Waals surface area contributed by atoms with Gasteiger partial charge in [-0.1, -0.05) is 19.6 Å². The smallest absolute Gasteiger partial charge is 0.0544 e. The highest BCUT2D eigenvalue weighted by atomic mass is 15.1. The van der Waals surface area contributed by atoms with Crippen molar-refractivity contribution in [2.24, 2.45) is 0 Å². The molecule has 0 spiro atoms. The molecule has 0 bridgehead atoms. The zero-order valence-electron chi connectivity index (χ0n) is 11.2. The molecule has 1 saturated carbocycles. The Labute approximate surface area is 110 Å². The van der Waals surface area contributed by atoms with Crippen LogP contribution in [-0.4, -0.2) is 35.6 Å². The average Bonchev–Trinajstić information content (AvgIpc) is 3.21. The van der Waals surface area contributed by atoms with E-state index < -0.39 is 0 Å². The monoisotopic (exact) mass is 245 g/mol. The number of nitrogens with zero attached hydrogens (tertiary/aromatic N) is 2. The Morgan fingerprint density at radius 1 is 1.50 bits per heavy atom. The van der Waals surface area contributed by atoms with E-state index in [0.717, 1.165) is 37.9 Å². The number of likely N-dealkylation sites (N-methyl/N-ethyl adjacent to an activating group) is 1. The SMILES string of the molecule is C=C(CNC1CC1)CN(CC)Cc1ccccn1. The Balaban J connectivity index is 1.75. The van der Waals surface area contributed by atoms with Gasteiger partial charge in [-0.25, -0.2) is 0 Å². The lowest BCUT2D eigenvalue weighted by Crippen LogP contribution is -2.29. The van der Waals surface area contributed by atoms with Crippen molar-refractivity contribution < 1.29 is 0 Å². The molecule has 2 rings (SSSR count). The summed E-state index contributed by atoms with van der Waals surface area (Å²) in [6, 6.07) is 6.83. The molecule has 1 aromatic heterocycles. The third-order valence-electron chi connectivity index (χ3n) is 3.22. The second-order valence-electron chi connectivity index (χ2n) is 5.03. The van der Waals surface area contributed by atoms with Crippen molar-refractivity contribution in [3.63, 3.8) is 0 Å². The summed E-state index contributed by atoms with van der Waals surface area (Å²) in [5.74, 6) is 0. The predicted molar refractivity (Wildman–Crippen MR) is 75.4 cm³/mol. The summed E-state index contributed by atoms with van der Waals surface area (Å²) in [7, 11) is 0. The van der Waals surface area contributed by atoms with Crippen molar-refractivity contribution >= 4 is 0 Å². The molecule has 18 heavy (non-hydrogen) atoms. The van der Waals surface area contributed by atoms with Crippen LogP contribution in [0.3, 0.4) is 0 Å². The molecule has 1 aliphatic carbocycles. The highest BCUT2D eigenvalue weighted by molar-refractivity contribution is 5.06. The van der Waals surface area contributed by atoms with Crippen molar-refractivity contribution in [2.45, 2.75) is 32.4 Å². The van der Waals surface area contributed by atoms with Gasteiger partial charge in [-0.05, 0) is 37.1 Å². The van der Waals surface area contributed by atoms with E-state index in [9.17, 15) is 0 Å². The van der Waals surface area contributed by atoms with Crippen LogP contribution in [-0.2, 0) is 6.54 Å². The lowest BCUT2D eigenvalue weighted by molar-refractivity contribution is 0.298. The predicted octanol–water partition coefficient (Wildman–Crippen LogP) is 2.21. The van der Waals surface area contributed by atoms with Crippen LogP contribution in [0.4, 0.5) is 0 Å². The minimum atomic E-state index is 0.757. The molecule has 0 atom stereocenters. The second-order valence-corrected chi connectivity index (χ2v) is 5.03. The Bertz CT molecular complexity index is 371. The van der Waals surface area contributed by atoms with Gasteiger partial charge < -0.3 is 5.32 Å². The van der Waals surface area contributed by atoms with Crippen LogP contribution < -0.4 is 5.32 Å². The molecule has 0 amide bonds. The highest BCUT2D eigenvalue weighted by Crippen LogP contribution is 2.18. The summed E-state index contributed by atoms with van der Waals surface area (Å²) in [5.41, 5.74) is 2.39. The minimum Gasteiger partial charge on any atom is -0.310 e. The normalized spacial score (nSPS) is 15.0. The Morgan fingerprint density at radius 3 is 2.94 bits per heavy atom. The number of hydrogen-bond donors (Lipinski definition) is 1. The molecule has 1 aromatic rings. The van der Waals surface area contributed by atoms with Crippen molar-refractivity contribution in [1.82, 2.24) is 15.2 Å². The summed E-state index contributed by atoms with van der Waals surface area (Å²) in [6.07, 6.45) is 4.52. The number of hydrogen-bond acceptors (Lipinski definition) is 3. The molecule has 0 aromatic carbocycles.